The molecule has 2 amide bonds. The summed E-state index contributed by atoms with van der Waals surface area (Å²) in [6.07, 6.45) is 1.88. The lowest BCUT2D eigenvalue weighted by atomic mass is 9.88. The van der Waals surface area contributed by atoms with E-state index in [9.17, 15) is 9.90 Å². The van der Waals surface area contributed by atoms with Crippen molar-refractivity contribution in [3.63, 3.8) is 0 Å². The van der Waals surface area contributed by atoms with Crippen molar-refractivity contribution < 1.29 is 9.90 Å². The summed E-state index contributed by atoms with van der Waals surface area (Å²) in [6, 6.07) is 22.7. The summed E-state index contributed by atoms with van der Waals surface area (Å²) in [7, 11) is 0. The first-order valence-corrected chi connectivity index (χ1v) is 11.0. The zero-order valence-electron chi connectivity index (χ0n) is 18.2. The molecular formula is C27H30N2O2. The second-order valence-corrected chi connectivity index (χ2v) is 8.62. The molecule has 0 fully saturated rings. The van der Waals surface area contributed by atoms with Gasteiger partial charge in [-0.1, -0.05) is 74.5 Å². The van der Waals surface area contributed by atoms with Gasteiger partial charge in [-0.25, -0.2) is 4.79 Å². The monoisotopic (exact) mass is 414 g/mol. The quantitative estimate of drug-likeness (QED) is 0.505. The van der Waals surface area contributed by atoms with Crippen LogP contribution in [0.2, 0.25) is 0 Å². The standard InChI is InChI=1S/C27H30N2O2/c1-18(2)20-10-12-22(13-11-20)21-8-6-19(7-9-21)17-28-27(31)29-26-5-3-4-23-14-15-24(30)16-25(23)26/h3-13,18,24,30H,14-17H2,1-2H3,(H2,28,29,31). The number of carbonyl (C=O) groups is 1. The van der Waals surface area contributed by atoms with Gasteiger partial charge in [0.1, 0.15) is 0 Å². The predicted octanol–water partition coefficient (Wildman–Crippen LogP) is 5.65. The van der Waals surface area contributed by atoms with E-state index in [1.54, 1.807) is 0 Å². The van der Waals surface area contributed by atoms with Crippen molar-refractivity contribution >= 4 is 11.7 Å². The van der Waals surface area contributed by atoms with Crippen molar-refractivity contribution in [1.29, 1.82) is 0 Å². The Kier molecular flexibility index (Phi) is 6.38. The maximum atomic E-state index is 12.4. The van der Waals surface area contributed by atoms with E-state index >= 15 is 0 Å². The number of hydrogen-bond acceptors (Lipinski definition) is 2. The Balaban J connectivity index is 1.35. The largest absolute Gasteiger partial charge is 0.393 e. The molecule has 0 saturated heterocycles. The minimum Gasteiger partial charge on any atom is -0.393 e. The Hall–Kier alpha value is -3.11. The van der Waals surface area contributed by atoms with E-state index in [4.69, 9.17) is 0 Å². The molecule has 0 aromatic heterocycles. The van der Waals surface area contributed by atoms with Crippen LogP contribution in [-0.2, 0) is 19.4 Å². The smallest absolute Gasteiger partial charge is 0.319 e. The first-order valence-electron chi connectivity index (χ1n) is 11.0. The summed E-state index contributed by atoms with van der Waals surface area (Å²) >= 11 is 0. The lowest BCUT2D eigenvalue weighted by molar-refractivity contribution is 0.159. The average Bonchev–Trinajstić information content (AvgIpc) is 2.78. The Labute approximate surface area is 184 Å². The van der Waals surface area contributed by atoms with Crippen molar-refractivity contribution in [3.8, 4) is 11.1 Å². The molecule has 0 saturated carbocycles. The SMILES string of the molecule is CC(C)c1ccc(-c2ccc(CNC(=O)Nc3cccc4c3CC(O)CC4)cc2)cc1. The minimum absolute atomic E-state index is 0.234. The third-order valence-electron chi connectivity index (χ3n) is 6.03. The summed E-state index contributed by atoms with van der Waals surface area (Å²) in [5.41, 5.74) is 7.78. The Morgan fingerprint density at radius 2 is 1.68 bits per heavy atom. The molecule has 4 nitrogen and oxygen atoms in total. The molecule has 3 aromatic rings. The molecule has 1 aliphatic rings. The normalized spacial score (nSPS) is 15.4. The van der Waals surface area contributed by atoms with E-state index in [0.717, 1.165) is 35.2 Å². The van der Waals surface area contributed by atoms with Gasteiger partial charge in [-0.2, -0.15) is 0 Å². The van der Waals surface area contributed by atoms with Gasteiger partial charge in [0.15, 0.2) is 0 Å². The Morgan fingerprint density at radius 3 is 2.35 bits per heavy atom. The van der Waals surface area contributed by atoms with Gasteiger partial charge >= 0.3 is 6.03 Å². The second kappa shape index (κ2) is 9.36. The minimum atomic E-state index is -0.335. The molecule has 0 radical (unpaired) electrons. The number of aliphatic hydroxyl groups is 1. The predicted molar refractivity (Wildman–Crippen MR) is 126 cm³/mol. The van der Waals surface area contributed by atoms with Crippen molar-refractivity contribution in [2.75, 3.05) is 5.32 Å². The highest BCUT2D eigenvalue weighted by Crippen LogP contribution is 2.28. The summed E-state index contributed by atoms with van der Waals surface area (Å²) in [4.78, 5) is 12.4. The van der Waals surface area contributed by atoms with Crippen LogP contribution in [0.15, 0.2) is 66.7 Å². The molecule has 3 N–H and O–H groups in total. The molecular weight excluding hydrogens is 384 g/mol. The molecule has 1 aliphatic carbocycles. The van der Waals surface area contributed by atoms with Crippen LogP contribution in [0.25, 0.3) is 11.1 Å². The van der Waals surface area contributed by atoms with Crippen LogP contribution < -0.4 is 10.6 Å². The summed E-state index contributed by atoms with van der Waals surface area (Å²) in [6.45, 7) is 4.85. The number of rotatable bonds is 5. The van der Waals surface area contributed by atoms with Crippen molar-refractivity contribution in [2.45, 2.75) is 51.7 Å². The van der Waals surface area contributed by atoms with Gasteiger partial charge < -0.3 is 15.7 Å². The summed E-state index contributed by atoms with van der Waals surface area (Å²) < 4.78 is 0. The summed E-state index contributed by atoms with van der Waals surface area (Å²) in [5, 5.41) is 15.9. The molecule has 1 unspecified atom stereocenters. The lowest BCUT2D eigenvalue weighted by Gasteiger charge is -2.23. The number of carbonyl (C=O) groups excluding carboxylic acids is 1. The number of aliphatic hydroxyl groups excluding tert-OH is 1. The number of fused-ring (bicyclic) bond motifs is 1. The zero-order valence-corrected chi connectivity index (χ0v) is 18.2. The zero-order chi connectivity index (χ0) is 21.8. The highest BCUT2D eigenvalue weighted by atomic mass is 16.3. The summed E-state index contributed by atoms with van der Waals surface area (Å²) in [5.74, 6) is 0.528. The first kappa shape index (κ1) is 21.1. The number of hydrogen-bond donors (Lipinski definition) is 3. The van der Waals surface area contributed by atoms with E-state index < -0.39 is 0 Å². The molecule has 4 heteroatoms. The molecule has 1 atom stereocenters. The molecule has 31 heavy (non-hydrogen) atoms. The van der Waals surface area contributed by atoms with Crippen LogP contribution in [0, 0.1) is 0 Å². The number of amides is 2. The molecule has 4 rings (SSSR count). The fraction of sp³-hybridized carbons (Fsp3) is 0.296. The molecule has 0 heterocycles. The maximum absolute atomic E-state index is 12.4. The topological polar surface area (TPSA) is 61.4 Å². The fourth-order valence-electron chi connectivity index (χ4n) is 4.11. The van der Waals surface area contributed by atoms with Crippen molar-refractivity contribution in [3.05, 3.63) is 89.0 Å². The fourth-order valence-corrected chi connectivity index (χ4v) is 4.11. The van der Waals surface area contributed by atoms with E-state index in [-0.39, 0.29) is 12.1 Å². The van der Waals surface area contributed by atoms with Gasteiger partial charge in [-0.15, -0.1) is 0 Å². The molecule has 160 valence electrons. The van der Waals surface area contributed by atoms with Crippen molar-refractivity contribution in [1.82, 2.24) is 5.32 Å². The van der Waals surface area contributed by atoms with Crippen molar-refractivity contribution in [2.24, 2.45) is 0 Å². The van der Waals surface area contributed by atoms with Crippen LogP contribution in [0.4, 0.5) is 10.5 Å². The highest BCUT2D eigenvalue weighted by molar-refractivity contribution is 5.90. The number of anilines is 1. The van der Waals surface area contributed by atoms with E-state index in [2.05, 4.69) is 66.9 Å². The first-order chi connectivity index (χ1) is 15.0. The number of urea groups is 1. The van der Waals surface area contributed by atoms with Gasteiger partial charge in [-0.05, 0) is 58.2 Å². The van der Waals surface area contributed by atoms with Gasteiger partial charge in [-0.3, -0.25) is 0 Å². The van der Waals surface area contributed by atoms with E-state index in [1.807, 2.05) is 24.3 Å². The Morgan fingerprint density at radius 1 is 1.00 bits per heavy atom. The van der Waals surface area contributed by atoms with Crippen LogP contribution in [0.3, 0.4) is 0 Å². The number of nitrogens with one attached hydrogen (secondary N) is 2. The molecule has 0 aliphatic heterocycles. The molecule has 0 bridgehead atoms. The third-order valence-corrected chi connectivity index (χ3v) is 6.03. The number of benzene rings is 3. The number of aryl methyl sites for hydroxylation is 1. The van der Waals surface area contributed by atoms with E-state index in [1.165, 1.54) is 16.7 Å². The lowest BCUT2D eigenvalue weighted by Crippen LogP contribution is -2.29. The third kappa shape index (κ3) is 5.15. The van der Waals surface area contributed by atoms with Crippen LogP contribution in [0.5, 0.6) is 0 Å². The molecule has 3 aromatic carbocycles. The van der Waals surface area contributed by atoms with Gasteiger partial charge in [0.2, 0.25) is 0 Å². The maximum Gasteiger partial charge on any atom is 0.319 e. The van der Waals surface area contributed by atoms with E-state index in [0.29, 0.717) is 18.9 Å². The highest BCUT2D eigenvalue weighted by Gasteiger charge is 2.19. The second-order valence-electron chi connectivity index (χ2n) is 8.62. The van der Waals surface area contributed by atoms with Gasteiger partial charge in [0.05, 0.1) is 6.10 Å². The molecule has 0 spiro atoms. The Bertz CT molecular complexity index is 1040. The van der Waals surface area contributed by atoms with Gasteiger partial charge in [0, 0.05) is 18.7 Å². The van der Waals surface area contributed by atoms with Crippen LogP contribution >= 0.6 is 0 Å². The van der Waals surface area contributed by atoms with Crippen LogP contribution in [0.1, 0.15) is 48.4 Å². The van der Waals surface area contributed by atoms with Crippen LogP contribution in [-0.4, -0.2) is 17.2 Å². The van der Waals surface area contributed by atoms with Gasteiger partial charge in [0.25, 0.3) is 0 Å². The average molecular weight is 415 g/mol.